The maximum absolute atomic E-state index is 2.34. The molecule has 0 heteroatoms. The molecule has 1 aliphatic rings. The molecule has 1 aromatic carbocycles. The molecular weight excluding hydrogens is 180 g/mol. The number of benzene rings is 1. The molecule has 0 spiro atoms. The second-order valence-electron chi connectivity index (χ2n) is 4.29. The molecule has 0 aliphatic heterocycles. The van der Waals surface area contributed by atoms with Crippen LogP contribution in [-0.4, -0.2) is 0 Å². The highest BCUT2D eigenvalue weighted by molar-refractivity contribution is 5.30. The van der Waals surface area contributed by atoms with Crippen molar-refractivity contribution in [3.63, 3.8) is 0 Å². The van der Waals surface area contributed by atoms with E-state index in [0.717, 1.165) is 0 Å². The minimum atomic E-state index is 1.18. The van der Waals surface area contributed by atoms with Gasteiger partial charge in [-0.25, -0.2) is 0 Å². The third kappa shape index (κ3) is 3.09. The van der Waals surface area contributed by atoms with E-state index in [1.54, 1.807) is 5.57 Å². The summed E-state index contributed by atoms with van der Waals surface area (Å²) in [7, 11) is 0. The molecule has 0 bridgehead atoms. The molecular formula is C15H18. The predicted molar refractivity (Wildman–Crippen MR) is 65.8 cm³/mol. The SMILES string of the molecule is CC1=CCC(CCCc2ccccc2)=C1. The van der Waals surface area contributed by atoms with Gasteiger partial charge in [0.2, 0.25) is 0 Å². The highest BCUT2D eigenvalue weighted by Gasteiger charge is 2.02. The van der Waals surface area contributed by atoms with E-state index in [1.165, 1.54) is 36.8 Å². The van der Waals surface area contributed by atoms with Crippen LogP contribution in [0.4, 0.5) is 0 Å². The first kappa shape index (κ1) is 10.2. The van der Waals surface area contributed by atoms with E-state index in [9.17, 15) is 0 Å². The Bertz CT molecular complexity index is 368. The zero-order chi connectivity index (χ0) is 10.5. The van der Waals surface area contributed by atoms with Gasteiger partial charge in [0.15, 0.2) is 0 Å². The lowest BCUT2D eigenvalue weighted by Crippen LogP contribution is -1.86. The Labute approximate surface area is 92.3 Å². The third-order valence-electron chi connectivity index (χ3n) is 2.92. The molecule has 0 heterocycles. The molecule has 0 saturated heterocycles. The molecule has 78 valence electrons. The third-order valence-corrected chi connectivity index (χ3v) is 2.92. The van der Waals surface area contributed by atoms with Crippen LogP contribution in [-0.2, 0) is 6.42 Å². The molecule has 0 amide bonds. The Morgan fingerprint density at radius 2 is 1.87 bits per heavy atom. The minimum Gasteiger partial charge on any atom is -0.0775 e. The molecule has 1 aromatic rings. The van der Waals surface area contributed by atoms with Crippen molar-refractivity contribution in [2.45, 2.75) is 32.6 Å². The largest absolute Gasteiger partial charge is 0.0775 e. The molecule has 0 atom stereocenters. The first-order chi connectivity index (χ1) is 7.34. The van der Waals surface area contributed by atoms with E-state index < -0.39 is 0 Å². The van der Waals surface area contributed by atoms with Crippen LogP contribution >= 0.6 is 0 Å². The van der Waals surface area contributed by atoms with Gasteiger partial charge in [-0.2, -0.15) is 0 Å². The Morgan fingerprint density at radius 1 is 1.07 bits per heavy atom. The van der Waals surface area contributed by atoms with E-state index in [2.05, 4.69) is 49.4 Å². The normalized spacial score (nSPS) is 15.0. The standard InChI is InChI=1S/C15H18/c1-13-10-11-15(12-13)9-5-8-14-6-3-2-4-7-14/h2-4,6-7,10,12H,5,8-9,11H2,1H3. The average Bonchev–Trinajstić information content (AvgIpc) is 2.66. The predicted octanol–water partition coefficient (Wildman–Crippen LogP) is 4.29. The van der Waals surface area contributed by atoms with Crippen molar-refractivity contribution < 1.29 is 0 Å². The van der Waals surface area contributed by atoms with Crippen molar-refractivity contribution in [1.29, 1.82) is 0 Å². The van der Waals surface area contributed by atoms with Crippen molar-refractivity contribution in [3.8, 4) is 0 Å². The number of allylic oxidation sites excluding steroid dienone is 4. The van der Waals surface area contributed by atoms with Gasteiger partial charge in [0.25, 0.3) is 0 Å². The Kier molecular flexibility index (Phi) is 3.39. The van der Waals surface area contributed by atoms with Gasteiger partial charge in [-0.05, 0) is 38.2 Å². The number of hydrogen-bond donors (Lipinski definition) is 0. The number of aryl methyl sites for hydroxylation is 1. The van der Waals surface area contributed by atoms with Gasteiger partial charge in [0.1, 0.15) is 0 Å². The molecule has 0 aromatic heterocycles. The number of rotatable bonds is 4. The Morgan fingerprint density at radius 3 is 2.53 bits per heavy atom. The van der Waals surface area contributed by atoms with Crippen LogP contribution in [0.3, 0.4) is 0 Å². The second-order valence-corrected chi connectivity index (χ2v) is 4.29. The maximum atomic E-state index is 2.34. The highest BCUT2D eigenvalue weighted by Crippen LogP contribution is 2.21. The summed E-state index contributed by atoms with van der Waals surface area (Å²) < 4.78 is 0. The summed E-state index contributed by atoms with van der Waals surface area (Å²) in [5, 5.41) is 0. The maximum Gasteiger partial charge on any atom is -0.0130 e. The van der Waals surface area contributed by atoms with Gasteiger partial charge in [0, 0.05) is 0 Å². The zero-order valence-corrected chi connectivity index (χ0v) is 9.37. The van der Waals surface area contributed by atoms with Crippen molar-refractivity contribution in [3.05, 3.63) is 59.2 Å². The number of hydrogen-bond acceptors (Lipinski definition) is 0. The molecule has 0 nitrogen and oxygen atoms in total. The van der Waals surface area contributed by atoms with Gasteiger partial charge in [0.05, 0.1) is 0 Å². The first-order valence-electron chi connectivity index (χ1n) is 5.75. The summed E-state index contributed by atoms with van der Waals surface area (Å²) in [6.07, 6.45) is 9.57. The molecule has 0 saturated carbocycles. The Hall–Kier alpha value is -1.30. The molecule has 2 rings (SSSR count). The first-order valence-corrected chi connectivity index (χ1v) is 5.75. The van der Waals surface area contributed by atoms with Crippen molar-refractivity contribution >= 4 is 0 Å². The van der Waals surface area contributed by atoms with Crippen LogP contribution in [0.15, 0.2) is 53.6 Å². The zero-order valence-electron chi connectivity index (χ0n) is 9.37. The van der Waals surface area contributed by atoms with Crippen LogP contribution in [0.5, 0.6) is 0 Å². The topological polar surface area (TPSA) is 0 Å². The molecule has 0 N–H and O–H groups in total. The summed E-state index contributed by atoms with van der Waals surface area (Å²) in [5.74, 6) is 0. The van der Waals surface area contributed by atoms with E-state index in [4.69, 9.17) is 0 Å². The lowest BCUT2D eigenvalue weighted by Gasteiger charge is -2.02. The van der Waals surface area contributed by atoms with Crippen LogP contribution in [0.25, 0.3) is 0 Å². The summed E-state index contributed by atoms with van der Waals surface area (Å²) in [6, 6.07) is 10.8. The monoisotopic (exact) mass is 198 g/mol. The summed E-state index contributed by atoms with van der Waals surface area (Å²) >= 11 is 0. The van der Waals surface area contributed by atoms with Crippen molar-refractivity contribution in [1.82, 2.24) is 0 Å². The molecule has 15 heavy (non-hydrogen) atoms. The quantitative estimate of drug-likeness (QED) is 0.677. The highest BCUT2D eigenvalue weighted by atomic mass is 14.1. The van der Waals surface area contributed by atoms with Gasteiger partial charge >= 0.3 is 0 Å². The molecule has 1 aliphatic carbocycles. The van der Waals surface area contributed by atoms with Crippen LogP contribution in [0, 0.1) is 0 Å². The summed E-state index contributed by atoms with van der Waals surface area (Å²) in [6.45, 7) is 2.18. The smallest absolute Gasteiger partial charge is 0.0130 e. The lowest BCUT2D eigenvalue weighted by atomic mass is 10.0. The van der Waals surface area contributed by atoms with Crippen LogP contribution in [0.2, 0.25) is 0 Å². The fourth-order valence-electron chi connectivity index (χ4n) is 2.07. The van der Waals surface area contributed by atoms with Gasteiger partial charge in [-0.15, -0.1) is 0 Å². The lowest BCUT2D eigenvalue weighted by molar-refractivity contribution is 0.802. The average molecular weight is 198 g/mol. The van der Waals surface area contributed by atoms with Gasteiger partial charge in [-0.1, -0.05) is 53.6 Å². The van der Waals surface area contributed by atoms with Crippen LogP contribution in [0.1, 0.15) is 31.7 Å². The van der Waals surface area contributed by atoms with E-state index in [0.29, 0.717) is 0 Å². The minimum absolute atomic E-state index is 1.18. The Balaban J connectivity index is 1.75. The molecule has 0 fully saturated rings. The van der Waals surface area contributed by atoms with Crippen molar-refractivity contribution in [2.24, 2.45) is 0 Å². The summed E-state index contributed by atoms with van der Waals surface area (Å²) in [4.78, 5) is 0. The second kappa shape index (κ2) is 4.97. The van der Waals surface area contributed by atoms with E-state index in [1.807, 2.05) is 0 Å². The van der Waals surface area contributed by atoms with Crippen molar-refractivity contribution in [2.75, 3.05) is 0 Å². The van der Waals surface area contributed by atoms with E-state index in [-0.39, 0.29) is 0 Å². The van der Waals surface area contributed by atoms with E-state index >= 15 is 0 Å². The van der Waals surface area contributed by atoms with Crippen LogP contribution < -0.4 is 0 Å². The molecule has 0 unspecified atom stereocenters. The fraction of sp³-hybridized carbons (Fsp3) is 0.333. The molecule has 0 radical (unpaired) electrons. The fourth-order valence-corrected chi connectivity index (χ4v) is 2.07. The summed E-state index contributed by atoms with van der Waals surface area (Å²) in [5.41, 5.74) is 4.49. The van der Waals surface area contributed by atoms with Gasteiger partial charge < -0.3 is 0 Å². The van der Waals surface area contributed by atoms with Gasteiger partial charge in [-0.3, -0.25) is 0 Å².